The van der Waals surface area contributed by atoms with Crippen LogP contribution in [0.25, 0.3) is 0 Å². The van der Waals surface area contributed by atoms with E-state index in [2.05, 4.69) is 4.74 Å². The van der Waals surface area contributed by atoms with Crippen molar-refractivity contribution in [3.8, 4) is 0 Å². The number of alkyl halides is 6. The van der Waals surface area contributed by atoms with Crippen LogP contribution in [0.3, 0.4) is 0 Å². The summed E-state index contributed by atoms with van der Waals surface area (Å²) in [4.78, 5) is 11.7. The number of hydrogen-bond acceptors (Lipinski definition) is 3. The van der Waals surface area contributed by atoms with E-state index in [0.29, 0.717) is 13.8 Å². The van der Waals surface area contributed by atoms with Gasteiger partial charge in [0.05, 0.1) is 12.0 Å². The predicted molar refractivity (Wildman–Crippen MR) is 65.9 cm³/mol. The summed E-state index contributed by atoms with van der Waals surface area (Å²) < 4.78 is 81.5. The maximum absolute atomic E-state index is 12.8. The molecule has 0 spiro atoms. The highest BCUT2D eigenvalue weighted by molar-refractivity contribution is 5.75. The number of aliphatic hydroxyl groups is 1. The lowest BCUT2D eigenvalue weighted by atomic mass is 9.74. The van der Waals surface area contributed by atoms with Crippen LogP contribution in [0.4, 0.5) is 26.3 Å². The topological polar surface area (TPSA) is 46.5 Å². The first-order valence-electron chi connectivity index (χ1n) is 6.47. The van der Waals surface area contributed by atoms with E-state index in [-0.39, 0.29) is 6.42 Å². The van der Waals surface area contributed by atoms with Crippen molar-refractivity contribution >= 4 is 5.97 Å². The van der Waals surface area contributed by atoms with Gasteiger partial charge in [-0.3, -0.25) is 4.79 Å². The predicted octanol–water partition coefficient (Wildman–Crippen LogP) is 3.85. The molecule has 0 aromatic carbocycles. The molecule has 0 aromatic heterocycles. The molecule has 3 nitrogen and oxygen atoms in total. The Morgan fingerprint density at radius 2 is 1.32 bits per heavy atom. The van der Waals surface area contributed by atoms with Gasteiger partial charge in [-0.1, -0.05) is 20.8 Å². The lowest BCUT2D eigenvalue weighted by Gasteiger charge is -2.43. The van der Waals surface area contributed by atoms with Crippen LogP contribution in [0.15, 0.2) is 0 Å². The molecule has 0 aliphatic carbocycles. The van der Waals surface area contributed by atoms with E-state index in [0.717, 1.165) is 0 Å². The van der Waals surface area contributed by atoms with Crippen molar-refractivity contribution in [3.05, 3.63) is 0 Å². The molecule has 132 valence electrons. The van der Waals surface area contributed by atoms with Gasteiger partial charge in [0.1, 0.15) is 0 Å². The second-order valence-electron chi connectivity index (χ2n) is 6.40. The highest BCUT2D eigenvalue weighted by Gasteiger charge is 2.77. The zero-order chi connectivity index (χ0) is 18.2. The number of halogens is 6. The summed E-state index contributed by atoms with van der Waals surface area (Å²) in [5.41, 5.74) is -8.86. The number of hydrogen-bond donors (Lipinski definition) is 1. The Bertz CT molecular complexity index is 395. The van der Waals surface area contributed by atoms with Crippen molar-refractivity contribution in [2.75, 3.05) is 6.61 Å². The van der Waals surface area contributed by atoms with Gasteiger partial charge in [0, 0.05) is 5.41 Å². The molecule has 0 rings (SSSR count). The maximum atomic E-state index is 12.8. The van der Waals surface area contributed by atoms with E-state index >= 15 is 0 Å². The summed E-state index contributed by atoms with van der Waals surface area (Å²) in [5.74, 6) is -0.935. The molecule has 0 aliphatic heterocycles. The van der Waals surface area contributed by atoms with E-state index in [1.165, 1.54) is 13.8 Å². The molecular weight excluding hydrogens is 318 g/mol. The van der Waals surface area contributed by atoms with Gasteiger partial charge in [-0.15, -0.1) is 0 Å². The molecule has 0 unspecified atom stereocenters. The fourth-order valence-electron chi connectivity index (χ4n) is 1.62. The normalized spacial score (nSPS) is 14.9. The SMILES string of the molecule is CCC(C)(C)C(=O)OCC(C)(C)C(O)(C(F)(F)F)C(F)(F)F. The third-order valence-electron chi connectivity index (χ3n) is 3.80. The number of carbonyl (C=O) groups is 1. The van der Waals surface area contributed by atoms with Crippen LogP contribution in [-0.2, 0) is 9.53 Å². The van der Waals surface area contributed by atoms with E-state index in [1.807, 2.05) is 0 Å². The van der Waals surface area contributed by atoms with E-state index in [9.17, 15) is 36.2 Å². The van der Waals surface area contributed by atoms with Crippen molar-refractivity contribution in [2.45, 2.75) is 59.0 Å². The Balaban J connectivity index is 5.48. The van der Waals surface area contributed by atoms with Gasteiger partial charge in [0.15, 0.2) is 0 Å². The molecule has 0 aliphatic rings. The summed E-state index contributed by atoms with van der Waals surface area (Å²) in [6.45, 7) is 4.36. The fraction of sp³-hybridized carbons (Fsp3) is 0.923. The summed E-state index contributed by atoms with van der Waals surface area (Å²) in [6, 6.07) is 0. The molecule has 0 bridgehead atoms. The first-order chi connectivity index (χ1) is 9.44. The van der Waals surface area contributed by atoms with E-state index in [4.69, 9.17) is 0 Å². The molecule has 0 fully saturated rings. The standard InChI is InChI=1S/C13H20F6O3/c1-6-9(2,3)8(20)22-7-10(4,5)11(21,12(14,15)16)13(17,18)19/h21H,6-7H2,1-5H3. The van der Waals surface area contributed by atoms with Crippen LogP contribution in [0.1, 0.15) is 41.0 Å². The van der Waals surface area contributed by atoms with Gasteiger partial charge < -0.3 is 9.84 Å². The molecule has 1 N–H and O–H groups in total. The van der Waals surface area contributed by atoms with Crippen LogP contribution >= 0.6 is 0 Å². The van der Waals surface area contributed by atoms with Crippen molar-refractivity contribution in [3.63, 3.8) is 0 Å². The number of carbonyl (C=O) groups excluding carboxylic acids is 1. The van der Waals surface area contributed by atoms with Crippen molar-refractivity contribution in [2.24, 2.45) is 10.8 Å². The fourth-order valence-corrected chi connectivity index (χ4v) is 1.62. The first-order valence-corrected chi connectivity index (χ1v) is 6.47. The zero-order valence-electron chi connectivity index (χ0n) is 12.9. The maximum Gasteiger partial charge on any atom is 0.426 e. The van der Waals surface area contributed by atoms with Crippen LogP contribution in [0, 0.1) is 10.8 Å². The highest BCUT2D eigenvalue weighted by Crippen LogP contribution is 2.53. The van der Waals surface area contributed by atoms with Gasteiger partial charge in [0.25, 0.3) is 5.60 Å². The molecule has 0 saturated heterocycles. The molecule has 0 heterocycles. The quantitative estimate of drug-likeness (QED) is 0.612. The van der Waals surface area contributed by atoms with Gasteiger partial charge in [-0.05, 0) is 20.3 Å². The number of ether oxygens (including phenoxy) is 1. The van der Waals surface area contributed by atoms with Crippen LogP contribution in [-0.4, -0.2) is 35.6 Å². The van der Waals surface area contributed by atoms with Gasteiger partial charge in [-0.2, -0.15) is 26.3 Å². The largest absolute Gasteiger partial charge is 0.465 e. The summed E-state index contributed by atoms with van der Waals surface area (Å²) in [7, 11) is 0. The molecule has 0 radical (unpaired) electrons. The average Bonchev–Trinajstić information content (AvgIpc) is 2.31. The Morgan fingerprint density at radius 3 is 1.59 bits per heavy atom. The van der Waals surface area contributed by atoms with Gasteiger partial charge >= 0.3 is 18.3 Å². The molecule has 0 saturated carbocycles. The second-order valence-corrected chi connectivity index (χ2v) is 6.40. The molecule has 0 atom stereocenters. The average molecular weight is 338 g/mol. The minimum absolute atomic E-state index is 0.287. The summed E-state index contributed by atoms with van der Waals surface area (Å²) >= 11 is 0. The van der Waals surface area contributed by atoms with Crippen LogP contribution in [0.2, 0.25) is 0 Å². The number of rotatable bonds is 5. The third-order valence-corrected chi connectivity index (χ3v) is 3.80. The third kappa shape index (κ3) is 3.67. The van der Waals surface area contributed by atoms with E-state index in [1.54, 1.807) is 6.92 Å². The molecule has 0 amide bonds. The molecule has 22 heavy (non-hydrogen) atoms. The molecular formula is C13H20F6O3. The molecule has 0 aromatic rings. The van der Waals surface area contributed by atoms with Crippen molar-refractivity contribution < 1.29 is 41.0 Å². The van der Waals surface area contributed by atoms with Crippen LogP contribution in [0.5, 0.6) is 0 Å². The minimum atomic E-state index is -5.97. The van der Waals surface area contributed by atoms with E-state index < -0.39 is 41.4 Å². The smallest absolute Gasteiger partial charge is 0.426 e. The summed E-state index contributed by atoms with van der Waals surface area (Å²) in [5, 5.41) is 9.34. The minimum Gasteiger partial charge on any atom is -0.465 e. The monoisotopic (exact) mass is 338 g/mol. The number of esters is 1. The van der Waals surface area contributed by atoms with Gasteiger partial charge in [0.2, 0.25) is 0 Å². The van der Waals surface area contributed by atoms with Crippen molar-refractivity contribution in [1.29, 1.82) is 0 Å². The molecule has 9 heteroatoms. The van der Waals surface area contributed by atoms with Crippen LogP contribution < -0.4 is 0 Å². The lowest BCUT2D eigenvalue weighted by Crippen LogP contribution is -2.66. The summed E-state index contributed by atoms with van der Waals surface area (Å²) in [6.07, 6.45) is -11.7. The highest BCUT2D eigenvalue weighted by atomic mass is 19.4. The van der Waals surface area contributed by atoms with Gasteiger partial charge in [-0.25, -0.2) is 0 Å². The Hall–Kier alpha value is -0.990. The second kappa shape index (κ2) is 5.90. The van der Waals surface area contributed by atoms with Crippen molar-refractivity contribution in [1.82, 2.24) is 0 Å². The Morgan fingerprint density at radius 1 is 0.955 bits per heavy atom. The lowest BCUT2D eigenvalue weighted by molar-refractivity contribution is -0.402. The Kier molecular flexibility index (Phi) is 5.63. The Labute approximate surface area is 124 Å². The first kappa shape index (κ1) is 21.0. The zero-order valence-corrected chi connectivity index (χ0v) is 12.9.